The molecule has 0 amide bonds. The fourth-order valence-electron chi connectivity index (χ4n) is 1.69. The SMILES string of the molecule is CCOC(=O)/C(=N\Nc1ccc([N+](=O)[O-])cc1)c1ccccn1. The average molecular weight is 314 g/mol. The van der Waals surface area contributed by atoms with Gasteiger partial charge in [0, 0.05) is 18.3 Å². The van der Waals surface area contributed by atoms with E-state index < -0.39 is 10.9 Å². The van der Waals surface area contributed by atoms with Crippen LogP contribution in [0.4, 0.5) is 11.4 Å². The Morgan fingerprint density at radius 1 is 1.30 bits per heavy atom. The third-order valence-electron chi connectivity index (χ3n) is 2.75. The van der Waals surface area contributed by atoms with Crippen LogP contribution >= 0.6 is 0 Å². The van der Waals surface area contributed by atoms with E-state index in [2.05, 4.69) is 15.5 Å². The number of pyridine rings is 1. The molecule has 8 nitrogen and oxygen atoms in total. The molecule has 0 unspecified atom stereocenters. The summed E-state index contributed by atoms with van der Waals surface area (Å²) >= 11 is 0. The second-order valence-corrected chi connectivity index (χ2v) is 4.31. The molecule has 0 bridgehead atoms. The summed E-state index contributed by atoms with van der Waals surface area (Å²) in [5.41, 5.74) is 3.52. The zero-order chi connectivity index (χ0) is 16.7. The van der Waals surface area contributed by atoms with E-state index in [1.165, 1.54) is 30.5 Å². The first-order valence-electron chi connectivity index (χ1n) is 6.78. The van der Waals surface area contributed by atoms with Gasteiger partial charge in [-0.1, -0.05) is 6.07 Å². The van der Waals surface area contributed by atoms with Gasteiger partial charge in [0.1, 0.15) is 0 Å². The Labute approximate surface area is 132 Å². The van der Waals surface area contributed by atoms with Crippen LogP contribution in [-0.2, 0) is 9.53 Å². The first kappa shape index (κ1) is 16.1. The maximum atomic E-state index is 12.0. The second kappa shape index (κ2) is 7.64. The molecule has 0 aliphatic rings. The number of nitrogens with zero attached hydrogens (tertiary/aromatic N) is 3. The maximum absolute atomic E-state index is 12.0. The largest absolute Gasteiger partial charge is 0.461 e. The summed E-state index contributed by atoms with van der Waals surface area (Å²) in [6.07, 6.45) is 1.54. The van der Waals surface area contributed by atoms with Crippen LogP contribution < -0.4 is 5.43 Å². The predicted octanol–water partition coefficient (Wildman–Crippen LogP) is 2.37. The Kier molecular flexibility index (Phi) is 5.35. The number of benzene rings is 1. The number of hydrogen-bond acceptors (Lipinski definition) is 7. The van der Waals surface area contributed by atoms with Gasteiger partial charge in [-0.3, -0.25) is 20.5 Å². The molecule has 0 aliphatic heterocycles. The lowest BCUT2D eigenvalue weighted by Crippen LogP contribution is -2.21. The minimum Gasteiger partial charge on any atom is -0.461 e. The van der Waals surface area contributed by atoms with Gasteiger partial charge in [-0.15, -0.1) is 0 Å². The van der Waals surface area contributed by atoms with Crippen molar-refractivity contribution < 1.29 is 14.5 Å². The second-order valence-electron chi connectivity index (χ2n) is 4.31. The zero-order valence-electron chi connectivity index (χ0n) is 12.3. The van der Waals surface area contributed by atoms with Crippen LogP contribution in [0.2, 0.25) is 0 Å². The summed E-state index contributed by atoms with van der Waals surface area (Å²) in [7, 11) is 0. The highest BCUT2D eigenvalue weighted by molar-refractivity contribution is 6.42. The summed E-state index contributed by atoms with van der Waals surface area (Å²) < 4.78 is 4.96. The van der Waals surface area contributed by atoms with Gasteiger partial charge in [-0.05, 0) is 31.2 Å². The number of nitrogens with one attached hydrogen (secondary N) is 1. The number of aromatic nitrogens is 1. The summed E-state index contributed by atoms with van der Waals surface area (Å²) in [4.78, 5) is 26.2. The van der Waals surface area contributed by atoms with Crippen LogP contribution in [-0.4, -0.2) is 28.2 Å². The number of hydrogen-bond donors (Lipinski definition) is 1. The standard InChI is InChI=1S/C15H14N4O4/c1-2-23-15(20)14(13-5-3-4-10-16-13)18-17-11-6-8-12(9-7-11)19(21)22/h3-10,17H,2H2,1H3/b18-14-. The minimum absolute atomic E-state index is 0.0193. The molecule has 0 aliphatic carbocycles. The van der Waals surface area contributed by atoms with Gasteiger partial charge in [-0.25, -0.2) is 4.79 Å². The number of anilines is 1. The van der Waals surface area contributed by atoms with E-state index in [1.54, 1.807) is 25.1 Å². The highest BCUT2D eigenvalue weighted by Crippen LogP contribution is 2.15. The van der Waals surface area contributed by atoms with Gasteiger partial charge in [-0.2, -0.15) is 5.10 Å². The fraction of sp³-hybridized carbons (Fsp3) is 0.133. The molecule has 0 fully saturated rings. The Balaban J connectivity index is 2.23. The molecule has 0 saturated carbocycles. The van der Waals surface area contributed by atoms with Crippen molar-refractivity contribution in [3.63, 3.8) is 0 Å². The van der Waals surface area contributed by atoms with Crippen LogP contribution in [0.15, 0.2) is 53.8 Å². The topological polar surface area (TPSA) is 107 Å². The van der Waals surface area contributed by atoms with Crippen LogP contribution in [0.5, 0.6) is 0 Å². The summed E-state index contributed by atoms with van der Waals surface area (Å²) in [6.45, 7) is 1.90. The molecule has 2 aromatic rings. The lowest BCUT2D eigenvalue weighted by molar-refractivity contribution is -0.384. The fourth-order valence-corrected chi connectivity index (χ4v) is 1.69. The molecule has 8 heteroatoms. The first-order chi connectivity index (χ1) is 11.1. The van der Waals surface area contributed by atoms with Gasteiger partial charge in [0.05, 0.1) is 22.9 Å². The maximum Gasteiger partial charge on any atom is 0.361 e. The molecular formula is C15H14N4O4. The van der Waals surface area contributed by atoms with Gasteiger partial charge in [0.25, 0.3) is 5.69 Å². The number of non-ortho nitro benzene ring substituents is 1. The molecule has 1 heterocycles. The van der Waals surface area contributed by atoms with Gasteiger partial charge < -0.3 is 4.74 Å². The molecule has 118 valence electrons. The highest BCUT2D eigenvalue weighted by atomic mass is 16.6. The molecule has 0 atom stereocenters. The number of carbonyl (C=O) groups is 1. The van der Waals surface area contributed by atoms with E-state index in [9.17, 15) is 14.9 Å². The number of hydrazone groups is 1. The van der Waals surface area contributed by atoms with E-state index in [1.807, 2.05) is 0 Å². The molecule has 1 aromatic heterocycles. The van der Waals surface area contributed by atoms with E-state index in [0.717, 1.165) is 0 Å². The Morgan fingerprint density at radius 3 is 2.61 bits per heavy atom. The quantitative estimate of drug-likeness (QED) is 0.379. The van der Waals surface area contributed by atoms with Crippen molar-refractivity contribution in [1.82, 2.24) is 4.98 Å². The van der Waals surface area contributed by atoms with Crippen molar-refractivity contribution in [2.75, 3.05) is 12.0 Å². The van der Waals surface area contributed by atoms with Gasteiger partial charge >= 0.3 is 5.97 Å². The zero-order valence-corrected chi connectivity index (χ0v) is 12.3. The number of ether oxygens (including phenoxy) is 1. The molecule has 1 N–H and O–H groups in total. The van der Waals surface area contributed by atoms with Gasteiger partial charge in [0.2, 0.25) is 0 Å². The molecule has 0 radical (unpaired) electrons. The van der Waals surface area contributed by atoms with Crippen molar-refractivity contribution in [3.05, 3.63) is 64.5 Å². The Morgan fingerprint density at radius 2 is 2.04 bits per heavy atom. The summed E-state index contributed by atoms with van der Waals surface area (Å²) in [6, 6.07) is 10.7. The number of esters is 1. The lowest BCUT2D eigenvalue weighted by Gasteiger charge is -2.06. The lowest BCUT2D eigenvalue weighted by atomic mass is 10.2. The highest BCUT2D eigenvalue weighted by Gasteiger charge is 2.16. The molecule has 1 aromatic carbocycles. The van der Waals surface area contributed by atoms with Crippen LogP contribution in [0.25, 0.3) is 0 Å². The molecule has 0 saturated heterocycles. The number of rotatable bonds is 6. The third-order valence-corrected chi connectivity index (χ3v) is 2.75. The third kappa shape index (κ3) is 4.34. The molecule has 23 heavy (non-hydrogen) atoms. The first-order valence-corrected chi connectivity index (χ1v) is 6.78. The normalized spacial score (nSPS) is 10.9. The minimum atomic E-state index is -0.611. The van der Waals surface area contributed by atoms with E-state index >= 15 is 0 Å². The van der Waals surface area contributed by atoms with Crippen molar-refractivity contribution in [2.24, 2.45) is 5.10 Å². The summed E-state index contributed by atoms with van der Waals surface area (Å²) in [5, 5.41) is 14.6. The van der Waals surface area contributed by atoms with Crippen LogP contribution in [0, 0.1) is 10.1 Å². The van der Waals surface area contributed by atoms with E-state index in [4.69, 9.17) is 4.74 Å². The predicted molar refractivity (Wildman–Crippen MR) is 84.1 cm³/mol. The molecule has 2 rings (SSSR count). The van der Waals surface area contributed by atoms with Crippen LogP contribution in [0.3, 0.4) is 0 Å². The smallest absolute Gasteiger partial charge is 0.361 e. The number of nitro groups is 1. The molecule has 0 spiro atoms. The number of carbonyl (C=O) groups excluding carboxylic acids is 1. The Bertz CT molecular complexity index is 714. The van der Waals surface area contributed by atoms with Crippen molar-refractivity contribution in [3.8, 4) is 0 Å². The van der Waals surface area contributed by atoms with Crippen LogP contribution in [0.1, 0.15) is 12.6 Å². The monoisotopic (exact) mass is 314 g/mol. The average Bonchev–Trinajstić information content (AvgIpc) is 2.57. The van der Waals surface area contributed by atoms with E-state index in [-0.39, 0.29) is 18.0 Å². The van der Waals surface area contributed by atoms with Crippen molar-refractivity contribution in [2.45, 2.75) is 6.92 Å². The Hall–Kier alpha value is -3.29. The number of nitro benzene ring substituents is 1. The van der Waals surface area contributed by atoms with Crippen molar-refractivity contribution >= 4 is 23.1 Å². The van der Waals surface area contributed by atoms with E-state index in [0.29, 0.717) is 11.4 Å². The van der Waals surface area contributed by atoms with Gasteiger partial charge in [0.15, 0.2) is 5.71 Å². The van der Waals surface area contributed by atoms with Crippen molar-refractivity contribution in [1.29, 1.82) is 0 Å². The molecular weight excluding hydrogens is 300 g/mol. The summed E-state index contributed by atoms with van der Waals surface area (Å²) in [5.74, 6) is -0.611.